The van der Waals surface area contributed by atoms with Gasteiger partial charge in [-0.25, -0.2) is 9.50 Å². The molecule has 6 heteroatoms. The van der Waals surface area contributed by atoms with Crippen molar-refractivity contribution < 1.29 is 0 Å². The van der Waals surface area contributed by atoms with Crippen LogP contribution in [0.4, 0.5) is 5.82 Å². The second-order valence-electron chi connectivity index (χ2n) is 5.42. The third-order valence-electron chi connectivity index (χ3n) is 3.86. The van der Waals surface area contributed by atoms with Crippen LogP contribution in [0.2, 0.25) is 0 Å². The Bertz CT molecular complexity index is 993. The molecule has 4 aromatic rings. The van der Waals surface area contributed by atoms with Gasteiger partial charge < -0.3 is 5.73 Å². The molecule has 0 aliphatic heterocycles. The number of halogens is 1. The van der Waals surface area contributed by atoms with E-state index in [2.05, 4.69) is 15.1 Å². The molecule has 0 radical (unpaired) electrons. The molecule has 5 nitrogen and oxygen atoms in total. The summed E-state index contributed by atoms with van der Waals surface area (Å²) < 4.78 is 1.70. The first-order valence-electron chi connectivity index (χ1n) is 7.47. The summed E-state index contributed by atoms with van der Waals surface area (Å²) in [5, 5.41) is 4.38. The van der Waals surface area contributed by atoms with Crippen LogP contribution in [0.25, 0.3) is 28.0 Å². The van der Waals surface area contributed by atoms with E-state index in [9.17, 15) is 0 Å². The Morgan fingerprint density at radius 2 is 1.83 bits per heavy atom. The van der Waals surface area contributed by atoms with Crippen molar-refractivity contribution in [2.75, 3.05) is 5.73 Å². The van der Waals surface area contributed by atoms with E-state index in [-0.39, 0.29) is 0 Å². The number of rotatable bonds is 3. The zero-order valence-corrected chi connectivity index (χ0v) is 13.5. The minimum absolute atomic E-state index is 0.413. The van der Waals surface area contributed by atoms with E-state index in [1.54, 1.807) is 10.7 Å². The Hall–Kier alpha value is -2.92. The van der Waals surface area contributed by atoms with Crippen molar-refractivity contribution >= 4 is 23.1 Å². The number of pyridine rings is 1. The minimum Gasteiger partial charge on any atom is -0.382 e. The van der Waals surface area contributed by atoms with E-state index in [1.807, 2.05) is 54.9 Å². The summed E-state index contributed by atoms with van der Waals surface area (Å²) in [5.74, 6) is 0.913. The van der Waals surface area contributed by atoms with Crippen molar-refractivity contribution in [2.24, 2.45) is 0 Å². The molecule has 3 heterocycles. The Balaban J connectivity index is 1.82. The molecule has 3 aromatic heterocycles. The summed E-state index contributed by atoms with van der Waals surface area (Å²) in [6.45, 7) is 0. The number of hydrogen-bond acceptors (Lipinski definition) is 4. The molecule has 0 fully saturated rings. The first kappa shape index (κ1) is 14.7. The largest absolute Gasteiger partial charge is 0.382 e. The van der Waals surface area contributed by atoms with Crippen molar-refractivity contribution in [2.45, 2.75) is 5.88 Å². The van der Waals surface area contributed by atoms with E-state index < -0.39 is 0 Å². The van der Waals surface area contributed by atoms with Crippen molar-refractivity contribution in [1.29, 1.82) is 0 Å². The molecule has 0 bridgehead atoms. The van der Waals surface area contributed by atoms with Gasteiger partial charge in [0, 0.05) is 30.0 Å². The number of nitrogens with two attached hydrogens (primary N) is 1. The molecule has 24 heavy (non-hydrogen) atoms. The minimum atomic E-state index is 0.413. The van der Waals surface area contributed by atoms with Crippen LogP contribution in [-0.4, -0.2) is 19.6 Å². The topological polar surface area (TPSA) is 69.1 Å². The second kappa shape index (κ2) is 5.94. The molecule has 0 atom stereocenters. The van der Waals surface area contributed by atoms with E-state index >= 15 is 0 Å². The molecule has 118 valence electrons. The highest BCUT2D eigenvalue weighted by Crippen LogP contribution is 2.29. The van der Waals surface area contributed by atoms with Crippen LogP contribution >= 0.6 is 11.6 Å². The number of benzene rings is 1. The van der Waals surface area contributed by atoms with Gasteiger partial charge in [-0.3, -0.25) is 4.98 Å². The summed E-state index contributed by atoms with van der Waals surface area (Å²) in [7, 11) is 0. The molecule has 0 unspecified atom stereocenters. The van der Waals surface area contributed by atoms with Gasteiger partial charge in [-0.05, 0) is 23.3 Å². The average molecular weight is 336 g/mol. The predicted octanol–water partition coefficient (Wildman–Crippen LogP) is 3.78. The highest BCUT2D eigenvalue weighted by atomic mass is 35.5. The lowest BCUT2D eigenvalue weighted by Crippen LogP contribution is -1.92. The Morgan fingerprint density at radius 1 is 1.00 bits per heavy atom. The molecule has 0 saturated carbocycles. The number of anilines is 1. The molecule has 0 saturated heterocycles. The third kappa shape index (κ3) is 2.49. The van der Waals surface area contributed by atoms with Crippen molar-refractivity contribution in [3.05, 3.63) is 66.6 Å². The lowest BCUT2D eigenvalue weighted by molar-refractivity contribution is 0.947. The highest BCUT2D eigenvalue weighted by molar-refractivity contribution is 6.17. The normalized spacial score (nSPS) is 11.0. The van der Waals surface area contributed by atoms with Crippen LogP contribution in [0, 0.1) is 0 Å². The van der Waals surface area contributed by atoms with Crippen molar-refractivity contribution in [3.8, 4) is 22.4 Å². The molecular weight excluding hydrogens is 322 g/mol. The van der Waals surface area contributed by atoms with Crippen LogP contribution in [-0.2, 0) is 5.88 Å². The van der Waals surface area contributed by atoms with Crippen LogP contribution in [0.15, 0.2) is 61.1 Å². The fourth-order valence-corrected chi connectivity index (χ4v) is 2.82. The maximum Gasteiger partial charge on any atom is 0.166 e. The maximum atomic E-state index is 6.09. The van der Waals surface area contributed by atoms with Gasteiger partial charge in [0.2, 0.25) is 0 Å². The summed E-state index contributed by atoms with van der Waals surface area (Å²) >= 11 is 5.84. The summed E-state index contributed by atoms with van der Waals surface area (Å²) in [6, 6.07) is 13.7. The molecule has 0 spiro atoms. The first-order valence-corrected chi connectivity index (χ1v) is 8.00. The summed E-state index contributed by atoms with van der Waals surface area (Å²) in [4.78, 5) is 8.90. The number of hydrogen-bond donors (Lipinski definition) is 1. The van der Waals surface area contributed by atoms with Gasteiger partial charge in [0.05, 0.1) is 11.3 Å². The number of fused-ring (bicyclic) bond motifs is 1. The highest BCUT2D eigenvalue weighted by Gasteiger charge is 2.15. The lowest BCUT2D eigenvalue weighted by Gasteiger charge is -2.04. The van der Waals surface area contributed by atoms with Gasteiger partial charge >= 0.3 is 0 Å². The molecule has 0 amide bonds. The van der Waals surface area contributed by atoms with Gasteiger partial charge in [0.15, 0.2) is 11.5 Å². The zero-order chi connectivity index (χ0) is 16.5. The summed E-state index contributed by atoms with van der Waals surface area (Å²) in [5.41, 5.74) is 11.4. The van der Waals surface area contributed by atoms with Crippen LogP contribution in [0.1, 0.15) is 5.56 Å². The van der Waals surface area contributed by atoms with Crippen LogP contribution in [0.3, 0.4) is 0 Å². The van der Waals surface area contributed by atoms with Crippen molar-refractivity contribution in [3.63, 3.8) is 0 Å². The fraction of sp³-hybridized carbons (Fsp3) is 0.0556. The number of nitrogens with zero attached hydrogens (tertiary/aromatic N) is 4. The Labute approximate surface area is 143 Å². The molecule has 4 rings (SSSR count). The molecule has 2 N–H and O–H groups in total. The van der Waals surface area contributed by atoms with Crippen molar-refractivity contribution in [1.82, 2.24) is 19.6 Å². The Morgan fingerprint density at radius 3 is 2.54 bits per heavy atom. The lowest BCUT2D eigenvalue weighted by atomic mass is 10.1. The van der Waals surface area contributed by atoms with Gasteiger partial charge in [-0.2, -0.15) is 0 Å². The van der Waals surface area contributed by atoms with E-state index in [4.69, 9.17) is 17.3 Å². The monoisotopic (exact) mass is 335 g/mol. The molecule has 0 aliphatic rings. The second-order valence-corrected chi connectivity index (χ2v) is 5.68. The quantitative estimate of drug-likeness (QED) is 0.578. The number of alkyl halides is 1. The molecule has 0 aliphatic carbocycles. The maximum absolute atomic E-state index is 6.09. The predicted molar refractivity (Wildman–Crippen MR) is 95.6 cm³/mol. The SMILES string of the molecule is Nc1nn2cc(-c3ccc(CCl)cc3)cnc2c1-c1ccccn1. The van der Waals surface area contributed by atoms with Gasteiger partial charge in [-0.15, -0.1) is 16.7 Å². The zero-order valence-electron chi connectivity index (χ0n) is 12.7. The summed E-state index contributed by atoms with van der Waals surface area (Å²) in [6.07, 6.45) is 5.46. The van der Waals surface area contributed by atoms with Crippen LogP contribution < -0.4 is 5.73 Å². The molecule has 1 aromatic carbocycles. The van der Waals surface area contributed by atoms with Gasteiger partial charge in [0.25, 0.3) is 0 Å². The van der Waals surface area contributed by atoms with E-state index in [1.165, 1.54) is 0 Å². The standard InChI is InChI=1S/C18H14ClN5/c19-9-12-4-6-13(7-5-12)14-10-22-18-16(15-3-1-2-8-21-15)17(20)23-24(18)11-14/h1-8,10-11H,9H2,(H2,20,23). The smallest absolute Gasteiger partial charge is 0.166 e. The number of aromatic nitrogens is 4. The fourth-order valence-electron chi connectivity index (χ4n) is 2.64. The van der Waals surface area contributed by atoms with Crippen LogP contribution in [0.5, 0.6) is 0 Å². The van der Waals surface area contributed by atoms with E-state index in [0.717, 1.165) is 27.9 Å². The third-order valence-corrected chi connectivity index (χ3v) is 4.17. The van der Waals surface area contributed by atoms with Gasteiger partial charge in [0.1, 0.15) is 0 Å². The van der Waals surface area contributed by atoms with Gasteiger partial charge in [-0.1, -0.05) is 30.3 Å². The van der Waals surface area contributed by atoms with E-state index in [0.29, 0.717) is 17.3 Å². The Kier molecular flexibility index (Phi) is 3.63. The first-order chi connectivity index (χ1) is 11.8. The average Bonchev–Trinajstić information content (AvgIpc) is 2.97. The molecular formula is C18H14ClN5. The number of nitrogen functional groups attached to an aromatic ring is 1.